The van der Waals surface area contributed by atoms with Gasteiger partial charge in [0.2, 0.25) is 0 Å². The highest BCUT2D eigenvalue weighted by atomic mass is 32.1. The minimum atomic E-state index is 0.800. The summed E-state index contributed by atoms with van der Waals surface area (Å²) >= 11 is 1.92. The minimum Gasteiger partial charge on any atom is -0.371 e. The van der Waals surface area contributed by atoms with Crippen molar-refractivity contribution in [2.24, 2.45) is 4.99 Å². The molecule has 0 bridgehead atoms. The Hall–Kier alpha value is -2.46. The molecule has 0 spiro atoms. The van der Waals surface area contributed by atoms with Crippen LogP contribution in [-0.2, 0) is 12.8 Å². The van der Waals surface area contributed by atoms with E-state index in [4.69, 9.17) is 9.98 Å². The van der Waals surface area contributed by atoms with E-state index in [-0.39, 0.29) is 0 Å². The van der Waals surface area contributed by atoms with Crippen LogP contribution in [0.15, 0.2) is 41.4 Å². The molecular weight excluding hydrogens is 362 g/mol. The molecule has 2 aromatic rings. The molecular formula is C24H23N3S. The maximum atomic E-state index is 5.22. The van der Waals surface area contributed by atoms with Gasteiger partial charge in [-0.05, 0) is 55.9 Å². The van der Waals surface area contributed by atoms with Gasteiger partial charge in [0.05, 0.1) is 26.1 Å². The largest absolute Gasteiger partial charge is 0.371 e. The Balaban J connectivity index is 1.75. The van der Waals surface area contributed by atoms with Crippen LogP contribution in [0.25, 0.3) is 31.6 Å². The lowest BCUT2D eigenvalue weighted by Crippen LogP contribution is -2.34. The van der Waals surface area contributed by atoms with E-state index in [2.05, 4.69) is 48.2 Å². The van der Waals surface area contributed by atoms with Crippen molar-refractivity contribution in [1.29, 1.82) is 0 Å². The Morgan fingerprint density at radius 2 is 1.89 bits per heavy atom. The number of aromatic nitrogens is 1. The molecule has 0 amide bonds. The number of rotatable bonds is 1. The predicted octanol–water partition coefficient (Wildman–Crippen LogP) is 5.17. The molecule has 0 radical (unpaired) electrons. The molecule has 3 heterocycles. The van der Waals surface area contributed by atoms with Gasteiger partial charge < -0.3 is 4.90 Å². The first-order valence-corrected chi connectivity index (χ1v) is 11.2. The van der Waals surface area contributed by atoms with Gasteiger partial charge in [-0.3, -0.25) is 4.99 Å². The molecule has 4 heteroatoms. The molecule has 4 aliphatic rings. The van der Waals surface area contributed by atoms with Gasteiger partial charge in [-0.1, -0.05) is 24.3 Å². The fourth-order valence-electron chi connectivity index (χ4n) is 5.05. The number of hydrogen-bond donors (Lipinski definition) is 0. The Labute approximate surface area is 168 Å². The van der Waals surface area contributed by atoms with Crippen molar-refractivity contribution in [2.75, 3.05) is 24.5 Å². The van der Waals surface area contributed by atoms with Crippen molar-refractivity contribution in [1.82, 2.24) is 4.98 Å². The molecule has 3 aliphatic heterocycles. The number of anilines is 1. The molecule has 3 nitrogen and oxygen atoms in total. The average Bonchev–Trinajstić information content (AvgIpc) is 2.74. The van der Waals surface area contributed by atoms with Gasteiger partial charge in [-0.2, -0.15) is 0 Å². The number of hydrogen-bond acceptors (Lipinski definition) is 4. The van der Waals surface area contributed by atoms with Gasteiger partial charge >= 0.3 is 0 Å². The quantitative estimate of drug-likeness (QED) is 0.334. The molecule has 0 fully saturated rings. The van der Waals surface area contributed by atoms with Crippen LogP contribution in [0, 0.1) is 0 Å². The summed E-state index contributed by atoms with van der Waals surface area (Å²) in [7, 11) is 0. The molecule has 2 aromatic carbocycles. The summed E-state index contributed by atoms with van der Waals surface area (Å²) in [4.78, 5) is 13.9. The summed E-state index contributed by atoms with van der Waals surface area (Å²) in [5, 5.41) is 3.52. The molecule has 6 rings (SSSR count). The maximum Gasteiger partial charge on any atom is 0.0889 e. The Bertz CT molecular complexity index is 1270. The van der Waals surface area contributed by atoms with Crippen LogP contribution < -0.4 is 10.3 Å². The third-order valence-electron chi connectivity index (χ3n) is 6.18. The first kappa shape index (κ1) is 16.5. The van der Waals surface area contributed by atoms with Crippen molar-refractivity contribution in [3.05, 3.63) is 52.9 Å². The third kappa shape index (κ3) is 2.34. The monoisotopic (exact) mass is 385 g/mol. The molecule has 0 aromatic heterocycles. The topological polar surface area (TPSA) is 28.5 Å². The van der Waals surface area contributed by atoms with Gasteiger partial charge in [0.15, 0.2) is 0 Å². The molecule has 0 saturated carbocycles. The Kier molecular flexibility index (Phi) is 3.70. The molecule has 0 unspecified atom stereocenters. The Morgan fingerprint density at radius 3 is 2.75 bits per heavy atom. The van der Waals surface area contributed by atoms with E-state index in [1.54, 1.807) is 5.56 Å². The summed E-state index contributed by atoms with van der Waals surface area (Å²) in [5.41, 5.74) is 6.88. The molecule has 140 valence electrons. The number of fused-ring (bicyclic) bond motifs is 5. The lowest BCUT2D eigenvalue weighted by molar-refractivity contribution is 0.637. The second kappa shape index (κ2) is 6.28. The van der Waals surface area contributed by atoms with E-state index >= 15 is 0 Å². The molecule has 0 atom stereocenters. The van der Waals surface area contributed by atoms with Crippen molar-refractivity contribution in [2.45, 2.75) is 32.6 Å². The van der Waals surface area contributed by atoms with E-state index < -0.39 is 0 Å². The fraction of sp³-hybridized carbons (Fsp3) is 0.333. The second-order valence-corrected chi connectivity index (χ2v) is 8.93. The molecule has 28 heavy (non-hydrogen) atoms. The van der Waals surface area contributed by atoms with E-state index in [9.17, 15) is 0 Å². The molecule has 0 saturated heterocycles. The summed E-state index contributed by atoms with van der Waals surface area (Å²) in [6.45, 7) is 5.32. The van der Waals surface area contributed by atoms with Crippen LogP contribution in [0.3, 0.4) is 0 Å². The zero-order valence-corrected chi connectivity index (χ0v) is 17.0. The predicted molar refractivity (Wildman–Crippen MR) is 119 cm³/mol. The van der Waals surface area contributed by atoms with Crippen molar-refractivity contribution in [3.8, 4) is 10.6 Å². The first-order chi connectivity index (χ1) is 13.8. The van der Waals surface area contributed by atoms with E-state index in [1.165, 1.54) is 75.9 Å². The van der Waals surface area contributed by atoms with Crippen LogP contribution in [0.5, 0.6) is 0 Å². The highest BCUT2D eigenvalue weighted by Gasteiger charge is 2.27. The van der Waals surface area contributed by atoms with Crippen molar-refractivity contribution in [3.63, 3.8) is 0 Å². The average molecular weight is 386 g/mol. The lowest BCUT2D eigenvalue weighted by atomic mass is 9.91. The van der Waals surface area contributed by atoms with Gasteiger partial charge in [0.25, 0.3) is 0 Å². The van der Waals surface area contributed by atoms with E-state index in [1.807, 2.05) is 11.3 Å². The number of aryl methyl sites for hydroxylation is 2. The number of benzene rings is 3. The first-order valence-electron chi connectivity index (χ1n) is 10.4. The zero-order chi connectivity index (χ0) is 18.7. The molecule has 0 N–H and O–H groups in total. The minimum absolute atomic E-state index is 0.800. The van der Waals surface area contributed by atoms with Gasteiger partial charge in [0, 0.05) is 36.1 Å². The van der Waals surface area contributed by atoms with Crippen molar-refractivity contribution < 1.29 is 0 Å². The van der Waals surface area contributed by atoms with Crippen LogP contribution in [0.2, 0.25) is 0 Å². The van der Waals surface area contributed by atoms with Gasteiger partial charge in [-0.25, -0.2) is 4.98 Å². The zero-order valence-electron chi connectivity index (χ0n) is 16.2. The third-order valence-corrected chi connectivity index (χ3v) is 7.38. The van der Waals surface area contributed by atoms with Crippen molar-refractivity contribution >= 4 is 38.0 Å². The summed E-state index contributed by atoms with van der Waals surface area (Å²) in [5.74, 6) is 0. The number of nitrogens with zero attached hydrogens (tertiary/aromatic N) is 3. The lowest BCUT2D eigenvalue weighted by Gasteiger charge is -2.37. The maximum absolute atomic E-state index is 5.22. The van der Waals surface area contributed by atoms with E-state index in [0.29, 0.717) is 0 Å². The standard InChI is InChI=1S/C24H23N3S/c1-2-25-19-14-21-22(17-9-4-3-8-16(17)19)26-20-13-15-7-5-11-27-12-6-10-18(23(15)27)24(20)28-21/h3-4,8-9,13-14H,2,5-7,10-12H2,1H3/b25-19-. The van der Waals surface area contributed by atoms with E-state index in [0.717, 1.165) is 17.6 Å². The molecule has 1 aliphatic carbocycles. The summed E-state index contributed by atoms with van der Waals surface area (Å²) in [6, 6.07) is 13.2. The van der Waals surface area contributed by atoms with Gasteiger partial charge in [0.1, 0.15) is 0 Å². The SMILES string of the molecule is CC/N=c1/cc2sc3c4c5c(cc3nc-2c2ccccc12)CCCN5CCC4. The van der Waals surface area contributed by atoms with Crippen LogP contribution in [0.4, 0.5) is 5.69 Å². The highest BCUT2D eigenvalue weighted by Crippen LogP contribution is 2.43. The summed E-state index contributed by atoms with van der Waals surface area (Å²) in [6.07, 6.45) is 4.89. The highest BCUT2D eigenvalue weighted by molar-refractivity contribution is 7.21. The van der Waals surface area contributed by atoms with Crippen LogP contribution in [-0.4, -0.2) is 24.6 Å². The normalized spacial score (nSPS) is 16.9. The second-order valence-electron chi connectivity index (χ2n) is 7.88. The smallest absolute Gasteiger partial charge is 0.0889 e. The Morgan fingerprint density at radius 1 is 1.07 bits per heavy atom. The van der Waals surface area contributed by atoms with Crippen LogP contribution in [0.1, 0.15) is 30.9 Å². The fourth-order valence-corrected chi connectivity index (χ4v) is 6.23. The summed E-state index contributed by atoms with van der Waals surface area (Å²) < 4.78 is 1.38. The van der Waals surface area contributed by atoms with Crippen LogP contribution >= 0.6 is 11.3 Å². The van der Waals surface area contributed by atoms with Gasteiger partial charge in [-0.15, -0.1) is 11.3 Å².